The molecule has 2 unspecified atom stereocenters. The monoisotopic (exact) mass is 470 g/mol. The highest BCUT2D eigenvalue weighted by atomic mass is 16.5. The molecule has 186 valence electrons. The van der Waals surface area contributed by atoms with Crippen LogP contribution in [0.2, 0.25) is 0 Å². The van der Waals surface area contributed by atoms with Crippen molar-refractivity contribution >= 4 is 22.8 Å². The minimum absolute atomic E-state index is 0.0755. The Labute approximate surface area is 201 Å². The first kappa shape index (κ1) is 25.9. The maximum absolute atomic E-state index is 13.1. The van der Waals surface area contributed by atoms with Gasteiger partial charge in [0.1, 0.15) is 6.10 Å². The molecule has 0 amide bonds. The number of fused-ring (bicyclic) bond motifs is 1. The molecule has 34 heavy (non-hydrogen) atoms. The maximum Gasteiger partial charge on any atom is 0.316 e. The molecule has 1 fully saturated rings. The van der Waals surface area contributed by atoms with E-state index < -0.39 is 17.5 Å². The van der Waals surface area contributed by atoms with Crippen molar-refractivity contribution in [2.45, 2.75) is 85.3 Å². The fourth-order valence-corrected chi connectivity index (χ4v) is 4.48. The second kappa shape index (κ2) is 11.2. The van der Waals surface area contributed by atoms with Crippen LogP contribution in [-0.2, 0) is 14.3 Å². The molecule has 0 radical (unpaired) electrons. The molecule has 7 heteroatoms. The van der Waals surface area contributed by atoms with Gasteiger partial charge in [0.15, 0.2) is 5.75 Å². The molecule has 1 saturated carbocycles. The van der Waals surface area contributed by atoms with Gasteiger partial charge in [-0.3, -0.25) is 14.4 Å². The number of ether oxygens (including phenoxy) is 2. The fraction of sp³-hybridized carbons (Fsp3) is 0.593. The molecule has 3 rings (SSSR count). The van der Waals surface area contributed by atoms with E-state index in [0.29, 0.717) is 10.9 Å². The van der Waals surface area contributed by atoms with E-state index in [1.54, 1.807) is 32.9 Å². The van der Waals surface area contributed by atoms with Gasteiger partial charge in [0.2, 0.25) is 5.56 Å². The standard InChI is InChI=1S/C27H38N2O5/c1-6-20(28-7-2)24(34-25(31)17-11-9-8-10-12-17)19-13-15-21(33-26(32)27(3,4)5)23-18(19)14-16-22(30)29-23/h13-17,20,24,28H,6-12H2,1-5H3,(H,29,30). The molecule has 0 bridgehead atoms. The number of rotatable bonds is 8. The summed E-state index contributed by atoms with van der Waals surface area (Å²) in [4.78, 5) is 40.7. The number of likely N-dealkylation sites (N-methyl/N-ethyl adjacent to an activating group) is 1. The van der Waals surface area contributed by atoms with Crippen LogP contribution < -0.4 is 15.6 Å². The first-order valence-corrected chi connectivity index (χ1v) is 12.5. The van der Waals surface area contributed by atoms with Crippen molar-refractivity contribution in [3.63, 3.8) is 0 Å². The van der Waals surface area contributed by atoms with E-state index in [4.69, 9.17) is 9.47 Å². The van der Waals surface area contributed by atoms with Gasteiger partial charge in [-0.05, 0) is 58.7 Å². The van der Waals surface area contributed by atoms with Crippen LogP contribution in [0.25, 0.3) is 10.9 Å². The molecule has 1 aromatic heterocycles. The summed E-state index contributed by atoms with van der Waals surface area (Å²) in [6, 6.07) is 6.56. The van der Waals surface area contributed by atoms with Crippen molar-refractivity contribution in [1.82, 2.24) is 10.3 Å². The average Bonchev–Trinajstić information content (AvgIpc) is 2.81. The lowest BCUT2D eigenvalue weighted by Gasteiger charge is -2.30. The Morgan fingerprint density at radius 3 is 2.41 bits per heavy atom. The van der Waals surface area contributed by atoms with Gasteiger partial charge in [0, 0.05) is 23.1 Å². The van der Waals surface area contributed by atoms with Crippen LogP contribution in [0.3, 0.4) is 0 Å². The van der Waals surface area contributed by atoms with E-state index in [9.17, 15) is 14.4 Å². The lowest BCUT2D eigenvalue weighted by Crippen LogP contribution is -2.38. The van der Waals surface area contributed by atoms with Gasteiger partial charge < -0.3 is 19.8 Å². The van der Waals surface area contributed by atoms with Crippen LogP contribution in [0.1, 0.15) is 84.8 Å². The average molecular weight is 471 g/mol. The van der Waals surface area contributed by atoms with Gasteiger partial charge in [-0.25, -0.2) is 0 Å². The number of aromatic amines is 1. The zero-order valence-electron chi connectivity index (χ0n) is 21.0. The molecule has 2 atom stereocenters. The van der Waals surface area contributed by atoms with E-state index >= 15 is 0 Å². The second-order valence-electron chi connectivity index (χ2n) is 10.2. The van der Waals surface area contributed by atoms with E-state index in [1.165, 1.54) is 6.07 Å². The van der Waals surface area contributed by atoms with Crippen LogP contribution >= 0.6 is 0 Å². The molecular formula is C27H38N2O5. The first-order chi connectivity index (χ1) is 16.2. The third-order valence-electron chi connectivity index (χ3n) is 6.47. The van der Waals surface area contributed by atoms with E-state index in [1.807, 2.05) is 13.0 Å². The van der Waals surface area contributed by atoms with Crippen LogP contribution in [0.5, 0.6) is 5.75 Å². The smallest absolute Gasteiger partial charge is 0.316 e. The Bertz CT molecular complexity index is 1060. The Morgan fingerprint density at radius 1 is 1.09 bits per heavy atom. The van der Waals surface area contributed by atoms with Crippen molar-refractivity contribution in [3.8, 4) is 5.75 Å². The fourth-order valence-electron chi connectivity index (χ4n) is 4.48. The molecule has 0 spiro atoms. The summed E-state index contributed by atoms with van der Waals surface area (Å²) < 4.78 is 11.9. The maximum atomic E-state index is 13.1. The lowest BCUT2D eigenvalue weighted by atomic mass is 9.89. The number of carbonyl (C=O) groups is 2. The van der Waals surface area contributed by atoms with Crippen molar-refractivity contribution in [1.29, 1.82) is 0 Å². The zero-order chi connectivity index (χ0) is 24.9. The molecule has 7 nitrogen and oxygen atoms in total. The highest BCUT2D eigenvalue weighted by molar-refractivity contribution is 5.91. The summed E-state index contributed by atoms with van der Waals surface area (Å²) in [6.07, 6.45) is 5.19. The quantitative estimate of drug-likeness (QED) is 0.415. The van der Waals surface area contributed by atoms with Gasteiger partial charge in [0.05, 0.1) is 16.8 Å². The third-order valence-corrected chi connectivity index (χ3v) is 6.47. The van der Waals surface area contributed by atoms with Crippen LogP contribution in [0.4, 0.5) is 0 Å². The Hall–Kier alpha value is -2.67. The van der Waals surface area contributed by atoms with E-state index in [-0.39, 0.29) is 29.2 Å². The summed E-state index contributed by atoms with van der Waals surface area (Å²) in [5, 5.41) is 4.14. The minimum Gasteiger partial charge on any atom is -0.456 e. The number of hydrogen-bond acceptors (Lipinski definition) is 6. The van der Waals surface area contributed by atoms with Gasteiger partial charge in [-0.1, -0.05) is 39.2 Å². The molecule has 2 N–H and O–H groups in total. The van der Waals surface area contributed by atoms with Crippen molar-refractivity contribution in [3.05, 3.63) is 40.2 Å². The summed E-state index contributed by atoms with van der Waals surface area (Å²) in [5.74, 6) is -0.355. The molecule has 0 aliphatic heterocycles. The molecule has 1 heterocycles. The van der Waals surface area contributed by atoms with E-state index in [0.717, 1.165) is 50.6 Å². The topological polar surface area (TPSA) is 97.5 Å². The number of nitrogens with one attached hydrogen (secondary N) is 2. The number of esters is 2. The molecule has 1 aromatic carbocycles. The number of benzene rings is 1. The number of H-pyrrole nitrogens is 1. The summed E-state index contributed by atoms with van der Waals surface area (Å²) in [5.41, 5.74) is 0.204. The highest BCUT2D eigenvalue weighted by Gasteiger charge is 2.32. The van der Waals surface area contributed by atoms with Crippen LogP contribution in [0, 0.1) is 11.3 Å². The predicted octanol–water partition coefficient (Wildman–Crippen LogP) is 5.03. The molecule has 1 aliphatic rings. The van der Waals surface area contributed by atoms with Gasteiger partial charge in [0.25, 0.3) is 0 Å². The first-order valence-electron chi connectivity index (χ1n) is 12.5. The SMILES string of the molecule is CCNC(CC)C(OC(=O)C1CCCCC1)c1ccc(OC(=O)C(C)(C)C)c2[nH]c(=O)ccc12. The summed E-state index contributed by atoms with van der Waals surface area (Å²) >= 11 is 0. The van der Waals surface area contributed by atoms with Gasteiger partial charge in [-0.15, -0.1) is 0 Å². The van der Waals surface area contributed by atoms with Gasteiger partial charge in [-0.2, -0.15) is 0 Å². The zero-order valence-corrected chi connectivity index (χ0v) is 21.0. The number of pyridine rings is 1. The van der Waals surface area contributed by atoms with Crippen molar-refractivity contribution in [2.24, 2.45) is 11.3 Å². The molecule has 2 aromatic rings. The summed E-state index contributed by atoms with van der Waals surface area (Å²) in [7, 11) is 0. The molecular weight excluding hydrogens is 432 g/mol. The second-order valence-corrected chi connectivity index (χ2v) is 10.2. The van der Waals surface area contributed by atoms with Crippen LogP contribution in [-0.4, -0.2) is 29.5 Å². The largest absolute Gasteiger partial charge is 0.456 e. The Morgan fingerprint density at radius 2 is 1.79 bits per heavy atom. The minimum atomic E-state index is -0.698. The predicted molar refractivity (Wildman–Crippen MR) is 133 cm³/mol. The lowest BCUT2D eigenvalue weighted by molar-refractivity contribution is -0.157. The third kappa shape index (κ3) is 6.06. The number of carbonyl (C=O) groups excluding carboxylic acids is 2. The van der Waals surface area contributed by atoms with Crippen molar-refractivity contribution in [2.75, 3.05) is 6.54 Å². The Kier molecular flexibility index (Phi) is 8.52. The van der Waals surface area contributed by atoms with E-state index in [2.05, 4.69) is 17.2 Å². The molecule has 0 saturated heterocycles. The van der Waals surface area contributed by atoms with Crippen LogP contribution in [0.15, 0.2) is 29.1 Å². The van der Waals surface area contributed by atoms with Gasteiger partial charge >= 0.3 is 11.9 Å². The number of aromatic nitrogens is 1. The highest BCUT2D eigenvalue weighted by Crippen LogP contribution is 2.36. The summed E-state index contributed by atoms with van der Waals surface area (Å²) in [6.45, 7) is 10.1. The normalized spacial score (nSPS) is 16.7. The molecule has 1 aliphatic carbocycles. The Balaban J connectivity index is 2.06. The van der Waals surface area contributed by atoms with Crippen molar-refractivity contribution < 1.29 is 19.1 Å². The number of hydrogen-bond donors (Lipinski definition) is 2.